The van der Waals surface area contributed by atoms with Crippen LogP contribution in [0.15, 0.2) is 78.9 Å². The van der Waals surface area contributed by atoms with Crippen molar-refractivity contribution in [1.82, 2.24) is 15.1 Å². The Hall–Kier alpha value is -3.44. The molecule has 35 heavy (non-hydrogen) atoms. The van der Waals surface area contributed by atoms with E-state index in [9.17, 15) is 9.59 Å². The minimum absolute atomic E-state index is 0.0400. The van der Waals surface area contributed by atoms with Crippen molar-refractivity contribution >= 4 is 11.8 Å². The maximum atomic E-state index is 13.9. The number of rotatable bonds is 4. The highest BCUT2D eigenvalue weighted by Crippen LogP contribution is 2.46. The van der Waals surface area contributed by atoms with Gasteiger partial charge in [-0.25, -0.2) is 0 Å². The van der Waals surface area contributed by atoms with E-state index in [2.05, 4.69) is 46.6 Å². The second-order valence-corrected chi connectivity index (χ2v) is 10.0. The van der Waals surface area contributed by atoms with E-state index in [1.807, 2.05) is 47.4 Å². The molecule has 5 nitrogen and oxygen atoms in total. The number of hydrogen-bond acceptors (Lipinski definition) is 3. The van der Waals surface area contributed by atoms with Crippen molar-refractivity contribution in [3.05, 3.63) is 107 Å². The fourth-order valence-corrected chi connectivity index (χ4v) is 6.13. The van der Waals surface area contributed by atoms with Gasteiger partial charge in [0.05, 0.1) is 12.0 Å². The number of nitrogens with zero attached hydrogens (tertiary/aromatic N) is 2. The maximum absolute atomic E-state index is 13.9. The normalized spacial score (nSPS) is 22.2. The van der Waals surface area contributed by atoms with Crippen LogP contribution in [0, 0.1) is 0 Å². The predicted octanol–water partition coefficient (Wildman–Crippen LogP) is 4.30. The number of hydrogen-bond donors (Lipinski definition) is 1. The van der Waals surface area contributed by atoms with E-state index in [0.717, 1.165) is 50.0 Å². The standard InChI is InChI=1S/C30H31N3O2/c34-29(31-23-15-17-32(18-16-23)20-21-8-2-1-3-9-21)27-25-12-6-7-13-26(25)30(35)33-19-14-22-10-4-5-11-24(22)28(27)33/h1-13,23,27-28H,14-20H2,(H,31,34)/t27-,28+/m1/s1. The van der Waals surface area contributed by atoms with Gasteiger partial charge in [0, 0.05) is 37.8 Å². The molecule has 6 rings (SSSR count). The highest BCUT2D eigenvalue weighted by molar-refractivity contribution is 6.01. The molecule has 3 aromatic rings. The summed E-state index contributed by atoms with van der Waals surface area (Å²) >= 11 is 0. The van der Waals surface area contributed by atoms with Crippen LogP contribution < -0.4 is 5.32 Å². The van der Waals surface area contributed by atoms with Crippen molar-refractivity contribution in [3.8, 4) is 0 Å². The number of carbonyl (C=O) groups excluding carboxylic acids is 2. The molecule has 2 amide bonds. The van der Waals surface area contributed by atoms with Gasteiger partial charge < -0.3 is 10.2 Å². The maximum Gasteiger partial charge on any atom is 0.254 e. The number of amides is 2. The molecule has 0 bridgehead atoms. The van der Waals surface area contributed by atoms with E-state index in [-0.39, 0.29) is 23.9 Å². The average molecular weight is 466 g/mol. The first-order chi connectivity index (χ1) is 17.2. The molecule has 3 heterocycles. The lowest BCUT2D eigenvalue weighted by atomic mass is 9.75. The molecule has 3 aromatic carbocycles. The van der Waals surface area contributed by atoms with Gasteiger partial charge in [0.1, 0.15) is 0 Å². The minimum atomic E-state index is -0.396. The SMILES string of the molecule is O=C(NC1CCN(Cc2ccccc2)CC1)[C@@H]1c2ccccc2C(=O)N2CCc3ccccc3[C@@H]12. The highest BCUT2D eigenvalue weighted by Gasteiger charge is 2.46. The van der Waals surface area contributed by atoms with Crippen molar-refractivity contribution < 1.29 is 9.59 Å². The molecular weight excluding hydrogens is 434 g/mol. The van der Waals surface area contributed by atoms with Gasteiger partial charge in [-0.3, -0.25) is 14.5 Å². The first kappa shape index (κ1) is 22.1. The average Bonchev–Trinajstić information content (AvgIpc) is 2.90. The summed E-state index contributed by atoms with van der Waals surface area (Å²) in [4.78, 5) is 31.7. The van der Waals surface area contributed by atoms with Crippen LogP contribution in [-0.2, 0) is 17.8 Å². The van der Waals surface area contributed by atoms with Crippen molar-refractivity contribution in [2.24, 2.45) is 0 Å². The summed E-state index contributed by atoms with van der Waals surface area (Å²) in [6.07, 6.45) is 2.71. The summed E-state index contributed by atoms with van der Waals surface area (Å²) in [5.74, 6) is -0.316. The summed E-state index contributed by atoms with van der Waals surface area (Å²) < 4.78 is 0. The van der Waals surface area contributed by atoms with Crippen LogP contribution in [0.25, 0.3) is 0 Å². The van der Waals surface area contributed by atoms with Gasteiger partial charge in [-0.05, 0) is 47.6 Å². The van der Waals surface area contributed by atoms with Crippen LogP contribution >= 0.6 is 0 Å². The Kier molecular flexibility index (Phi) is 5.86. The lowest BCUT2D eigenvalue weighted by molar-refractivity contribution is -0.125. The van der Waals surface area contributed by atoms with E-state index in [1.165, 1.54) is 11.1 Å². The van der Waals surface area contributed by atoms with E-state index in [1.54, 1.807) is 0 Å². The molecule has 0 aromatic heterocycles. The number of benzene rings is 3. The van der Waals surface area contributed by atoms with Gasteiger partial charge in [-0.2, -0.15) is 0 Å². The summed E-state index contributed by atoms with van der Waals surface area (Å²) in [6.45, 7) is 3.54. The second-order valence-electron chi connectivity index (χ2n) is 10.0. The Labute approximate surface area is 206 Å². The third-order valence-corrected chi connectivity index (χ3v) is 7.90. The van der Waals surface area contributed by atoms with Crippen LogP contribution in [0.3, 0.4) is 0 Å². The quantitative estimate of drug-likeness (QED) is 0.625. The molecule has 0 saturated carbocycles. The van der Waals surface area contributed by atoms with Crippen molar-refractivity contribution in [2.75, 3.05) is 19.6 Å². The number of fused-ring (bicyclic) bond motifs is 4. The van der Waals surface area contributed by atoms with Crippen LogP contribution in [0.4, 0.5) is 0 Å². The zero-order chi connectivity index (χ0) is 23.8. The Morgan fingerprint density at radius 3 is 2.31 bits per heavy atom. The topological polar surface area (TPSA) is 52.7 Å². The third kappa shape index (κ3) is 4.14. The summed E-state index contributed by atoms with van der Waals surface area (Å²) in [5.41, 5.74) is 5.21. The molecule has 3 aliphatic heterocycles. The van der Waals surface area contributed by atoms with Crippen LogP contribution in [0.2, 0.25) is 0 Å². The predicted molar refractivity (Wildman–Crippen MR) is 136 cm³/mol. The number of nitrogens with one attached hydrogen (secondary N) is 1. The largest absolute Gasteiger partial charge is 0.353 e. The molecule has 178 valence electrons. The fraction of sp³-hybridized carbons (Fsp3) is 0.333. The zero-order valence-electron chi connectivity index (χ0n) is 19.9. The van der Waals surface area contributed by atoms with Crippen LogP contribution in [0.1, 0.15) is 57.4 Å². The Bertz CT molecular complexity index is 1230. The van der Waals surface area contributed by atoms with E-state index in [0.29, 0.717) is 12.1 Å². The highest BCUT2D eigenvalue weighted by atomic mass is 16.2. The van der Waals surface area contributed by atoms with Crippen molar-refractivity contribution in [1.29, 1.82) is 0 Å². The number of piperidine rings is 1. The molecule has 5 heteroatoms. The molecule has 0 radical (unpaired) electrons. The number of carbonyl (C=O) groups is 2. The fourth-order valence-electron chi connectivity index (χ4n) is 6.13. The van der Waals surface area contributed by atoms with Gasteiger partial charge in [-0.15, -0.1) is 0 Å². The molecule has 0 spiro atoms. The van der Waals surface area contributed by atoms with Gasteiger partial charge in [0.25, 0.3) is 5.91 Å². The molecule has 1 fully saturated rings. The monoisotopic (exact) mass is 465 g/mol. The molecule has 1 saturated heterocycles. The Morgan fingerprint density at radius 1 is 0.829 bits per heavy atom. The second kappa shape index (κ2) is 9.31. The van der Waals surface area contributed by atoms with E-state index < -0.39 is 5.92 Å². The summed E-state index contributed by atoms with van der Waals surface area (Å²) in [6, 6.07) is 26.4. The molecular formula is C30H31N3O2. The first-order valence-corrected chi connectivity index (χ1v) is 12.7. The summed E-state index contributed by atoms with van der Waals surface area (Å²) in [7, 11) is 0. The first-order valence-electron chi connectivity index (χ1n) is 12.7. The van der Waals surface area contributed by atoms with E-state index in [4.69, 9.17) is 0 Å². The lowest BCUT2D eigenvalue weighted by Crippen LogP contribution is -2.52. The third-order valence-electron chi connectivity index (χ3n) is 7.90. The molecule has 1 N–H and O–H groups in total. The minimum Gasteiger partial charge on any atom is -0.353 e. The summed E-state index contributed by atoms with van der Waals surface area (Å²) in [5, 5.41) is 3.39. The van der Waals surface area contributed by atoms with Gasteiger partial charge in [0.15, 0.2) is 0 Å². The lowest BCUT2D eigenvalue weighted by Gasteiger charge is -2.45. The molecule has 0 unspecified atom stereocenters. The zero-order valence-corrected chi connectivity index (χ0v) is 19.9. The van der Waals surface area contributed by atoms with Crippen molar-refractivity contribution in [2.45, 2.75) is 43.8 Å². The van der Waals surface area contributed by atoms with Crippen LogP contribution in [0.5, 0.6) is 0 Å². The molecule has 0 aliphatic carbocycles. The van der Waals surface area contributed by atoms with Gasteiger partial charge in [0.2, 0.25) is 5.91 Å². The Balaban J connectivity index is 1.22. The van der Waals surface area contributed by atoms with Gasteiger partial charge in [-0.1, -0.05) is 72.8 Å². The number of likely N-dealkylation sites (tertiary alicyclic amines) is 1. The van der Waals surface area contributed by atoms with E-state index >= 15 is 0 Å². The van der Waals surface area contributed by atoms with Crippen molar-refractivity contribution in [3.63, 3.8) is 0 Å². The molecule has 3 aliphatic rings. The van der Waals surface area contributed by atoms with Gasteiger partial charge >= 0.3 is 0 Å². The Morgan fingerprint density at radius 2 is 1.51 bits per heavy atom. The van der Waals surface area contributed by atoms with Crippen LogP contribution in [-0.4, -0.2) is 47.3 Å². The molecule has 2 atom stereocenters. The smallest absolute Gasteiger partial charge is 0.254 e.